The maximum Gasteiger partial charge on any atom is 0.272 e. The Balaban J connectivity index is 2.02. The Morgan fingerprint density at radius 2 is 1.95 bits per heavy atom. The molecule has 1 unspecified atom stereocenters. The Morgan fingerprint density at radius 1 is 1.24 bits per heavy atom. The molecule has 1 heterocycles. The lowest BCUT2D eigenvalue weighted by Gasteiger charge is -2.16. The van der Waals surface area contributed by atoms with Gasteiger partial charge in [-0.1, -0.05) is 30.3 Å². The van der Waals surface area contributed by atoms with Crippen LogP contribution < -0.4 is 5.32 Å². The Morgan fingerprint density at radius 3 is 2.62 bits per heavy atom. The van der Waals surface area contributed by atoms with Gasteiger partial charge < -0.3 is 10.2 Å². The monoisotopic (exact) mass is 283 g/mol. The van der Waals surface area contributed by atoms with Gasteiger partial charge in [0.15, 0.2) is 0 Å². The average Bonchev–Trinajstić information content (AvgIpc) is 2.47. The first-order valence-electron chi connectivity index (χ1n) is 7.04. The van der Waals surface area contributed by atoms with Crippen LogP contribution in [0.5, 0.6) is 0 Å². The van der Waals surface area contributed by atoms with E-state index in [4.69, 9.17) is 0 Å². The van der Waals surface area contributed by atoms with Crippen LogP contribution >= 0.6 is 0 Å². The first-order valence-corrected chi connectivity index (χ1v) is 7.04. The Bertz CT molecular complexity index is 596. The molecule has 1 atom stereocenters. The van der Waals surface area contributed by atoms with E-state index in [2.05, 4.69) is 29.4 Å². The third-order valence-electron chi connectivity index (χ3n) is 3.18. The summed E-state index contributed by atoms with van der Waals surface area (Å²) in [5.74, 6) is -0.0886. The van der Waals surface area contributed by atoms with Gasteiger partial charge in [-0.15, -0.1) is 0 Å². The number of amides is 1. The molecule has 0 radical (unpaired) electrons. The number of pyridine rings is 1. The van der Waals surface area contributed by atoms with Gasteiger partial charge in [-0.25, -0.2) is 0 Å². The molecule has 1 amide bonds. The van der Waals surface area contributed by atoms with Crippen LogP contribution in [0.15, 0.2) is 48.7 Å². The minimum atomic E-state index is -0.0886. The maximum atomic E-state index is 11.9. The van der Waals surface area contributed by atoms with Gasteiger partial charge in [-0.2, -0.15) is 0 Å². The fourth-order valence-corrected chi connectivity index (χ4v) is 2.17. The molecule has 0 fully saturated rings. The quantitative estimate of drug-likeness (QED) is 0.917. The second-order valence-corrected chi connectivity index (χ2v) is 5.36. The van der Waals surface area contributed by atoms with E-state index in [1.54, 1.807) is 26.4 Å². The normalized spacial score (nSPS) is 11.8. The summed E-state index contributed by atoms with van der Waals surface area (Å²) in [6, 6.07) is 14.3. The van der Waals surface area contributed by atoms with E-state index >= 15 is 0 Å². The number of carbonyl (C=O) groups is 1. The largest absolute Gasteiger partial charge is 0.382 e. The van der Waals surface area contributed by atoms with Gasteiger partial charge in [0.25, 0.3) is 5.91 Å². The zero-order chi connectivity index (χ0) is 15.2. The van der Waals surface area contributed by atoms with Crippen LogP contribution in [0.1, 0.15) is 23.0 Å². The highest BCUT2D eigenvalue weighted by atomic mass is 16.2. The van der Waals surface area contributed by atoms with Crippen LogP contribution in [0.25, 0.3) is 0 Å². The molecule has 21 heavy (non-hydrogen) atoms. The third-order valence-corrected chi connectivity index (χ3v) is 3.18. The summed E-state index contributed by atoms with van der Waals surface area (Å²) in [4.78, 5) is 17.6. The van der Waals surface area contributed by atoms with Crippen molar-refractivity contribution in [3.63, 3.8) is 0 Å². The topological polar surface area (TPSA) is 45.2 Å². The lowest BCUT2D eigenvalue weighted by atomic mass is 10.1. The minimum Gasteiger partial charge on any atom is -0.382 e. The lowest BCUT2D eigenvalue weighted by molar-refractivity contribution is 0.0822. The zero-order valence-electron chi connectivity index (χ0n) is 12.7. The summed E-state index contributed by atoms with van der Waals surface area (Å²) in [6.07, 6.45) is 2.59. The van der Waals surface area contributed by atoms with E-state index in [1.165, 1.54) is 10.5 Å². The van der Waals surface area contributed by atoms with Gasteiger partial charge in [0, 0.05) is 32.0 Å². The Kier molecular flexibility index (Phi) is 4.93. The maximum absolute atomic E-state index is 11.9. The fourth-order valence-electron chi connectivity index (χ4n) is 2.17. The first-order chi connectivity index (χ1) is 10.1. The van der Waals surface area contributed by atoms with Gasteiger partial charge in [-0.3, -0.25) is 9.78 Å². The van der Waals surface area contributed by atoms with Crippen LogP contribution in [0, 0.1) is 0 Å². The third kappa shape index (κ3) is 4.31. The minimum absolute atomic E-state index is 0.0886. The Hall–Kier alpha value is -2.36. The van der Waals surface area contributed by atoms with Crippen molar-refractivity contribution >= 4 is 11.6 Å². The lowest BCUT2D eigenvalue weighted by Crippen LogP contribution is -2.23. The molecule has 4 heteroatoms. The molecule has 0 aliphatic heterocycles. The molecule has 0 saturated heterocycles. The van der Waals surface area contributed by atoms with Crippen LogP contribution in [0.3, 0.4) is 0 Å². The van der Waals surface area contributed by atoms with Crippen molar-refractivity contribution < 1.29 is 4.79 Å². The molecule has 0 spiro atoms. The number of nitrogens with zero attached hydrogens (tertiary/aromatic N) is 2. The average molecular weight is 283 g/mol. The smallest absolute Gasteiger partial charge is 0.272 e. The molecule has 0 saturated carbocycles. The molecule has 1 aromatic carbocycles. The van der Waals surface area contributed by atoms with E-state index in [0.29, 0.717) is 5.69 Å². The standard InChI is InChI=1S/C17H21N3O/c1-13(11-14-7-5-4-6-8-14)19-15-9-10-18-16(12-15)17(21)20(2)3/h4-10,12-13H,11H2,1-3H3,(H,18,19). The van der Waals surface area contributed by atoms with E-state index in [9.17, 15) is 4.79 Å². The number of carbonyl (C=O) groups excluding carboxylic acids is 1. The van der Waals surface area contributed by atoms with Gasteiger partial charge in [0.1, 0.15) is 5.69 Å². The molecule has 2 aromatic rings. The molecule has 0 bridgehead atoms. The molecule has 0 aliphatic rings. The summed E-state index contributed by atoms with van der Waals surface area (Å²) in [5.41, 5.74) is 2.66. The second kappa shape index (κ2) is 6.88. The van der Waals surface area contributed by atoms with E-state index in [-0.39, 0.29) is 11.9 Å². The van der Waals surface area contributed by atoms with Crippen molar-refractivity contribution in [3.05, 3.63) is 59.9 Å². The predicted molar refractivity (Wildman–Crippen MR) is 85.5 cm³/mol. The van der Waals surface area contributed by atoms with Gasteiger partial charge in [0.05, 0.1) is 0 Å². The molecule has 110 valence electrons. The highest BCUT2D eigenvalue weighted by molar-refractivity contribution is 5.92. The molecular formula is C17H21N3O. The van der Waals surface area contributed by atoms with Crippen molar-refractivity contribution in [2.45, 2.75) is 19.4 Å². The van der Waals surface area contributed by atoms with Crippen LogP contribution in [0.4, 0.5) is 5.69 Å². The number of hydrogen-bond donors (Lipinski definition) is 1. The van der Waals surface area contributed by atoms with Crippen molar-refractivity contribution in [2.24, 2.45) is 0 Å². The van der Waals surface area contributed by atoms with Crippen molar-refractivity contribution in [1.82, 2.24) is 9.88 Å². The van der Waals surface area contributed by atoms with E-state index in [0.717, 1.165) is 12.1 Å². The number of aromatic nitrogens is 1. The number of rotatable bonds is 5. The van der Waals surface area contributed by atoms with Crippen LogP contribution in [-0.2, 0) is 6.42 Å². The van der Waals surface area contributed by atoms with E-state index in [1.807, 2.05) is 24.3 Å². The van der Waals surface area contributed by atoms with Gasteiger partial charge in [-0.05, 0) is 31.0 Å². The summed E-state index contributed by atoms with van der Waals surface area (Å²) in [5, 5.41) is 3.41. The first kappa shape index (κ1) is 15.0. The number of nitrogens with one attached hydrogen (secondary N) is 1. The molecular weight excluding hydrogens is 262 g/mol. The molecule has 0 aliphatic carbocycles. The SMILES string of the molecule is CC(Cc1ccccc1)Nc1ccnc(C(=O)N(C)C)c1. The van der Waals surface area contributed by atoms with E-state index < -0.39 is 0 Å². The van der Waals surface area contributed by atoms with Crippen LogP contribution in [-0.4, -0.2) is 35.9 Å². The number of anilines is 1. The molecule has 2 rings (SSSR count). The van der Waals surface area contributed by atoms with Crippen molar-refractivity contribution in [1.29, 1.82) is 0 Å². The molecule has 1 N–H and O–H groups in total. The highest BCUT2D eigenvalue weighted by Crippen LogP contribution is 2.13. The predicted octanol–water partition coefficient (Wildman–Crippen LogP) is 2.83. The van der Waals surface area contributed by atoms with Crippen molar-refractivity contribution in [3.8, 4) is 0 Å². The zero-order valence-corrected chi connectivity index (χ0v) is 12.7. The van der Waals surface area contributed by atoms with Crippen LogP contribution in [0.2, 0.25) is 0 Å². The summed E-state index contributed by atoms with van der Waals surface area (Å²) < 4.78 is 0. The molecule has 4 nitrogen and oxygen atoms in total. The summed E-state index contributed by atoms with van der Waals surface area (Å²) >= 11 is 0. The van der Waals surface area contributed by atoms with Gasteiger partial charge in [0.2, 0.25) is 0 Å². The summed E-state index contributed by atoms with van der Waals surface area (Å²) in [6.45, 7) is 2.13. The fraction of sp³-hybridized carbons (Fsp3) is 0.294. The number of hydrogen-bond acceptors (Lipinski definition) is 3. The second-order valence-electron chi connectivity index (χ2n) is 5.36. The van der Waals surface area contributed by atoms with Gasteiger partial charge >= 0.3 is 0 Å². The van der Waals surface area contributed by atoms with Crippen molar-refractivity contribution in [2.75, 3.05) is 19.4 Å². The summed E-state index contributed by atoms with van der Waals surface area (Å²) in [7, 11) is 3.45. The Labute approximate surface area is 125 Å². The number of benzene rings is 1. The highest BCUT2D eigenvalue weighted by Gasteiger charge is 2.11. The molecule has 1 aromatic heterocycles.